The van der Waals surface area contributed by atoms with E-state index in [4.69, 9.17) is 0 Å². The summed E-state index contributed by atoms with van der Waals surface area (Å²) in [5.74, 6) is 0.422. The average Bonchev–Trinajstić information content (AvgIpc) is 2.91. The van der Waals surface area contributed by atoms with Crippen molar-refractivity contribution in [3.05, 3.63) is 24.0 Å². The van der Waals surface area contributed by atoms with Gasteiger partial charge in [-0.1, -0.05) is 13.8 Å². The molecule has 1 unspecified atom stereocenters. The Bertz CT molecular complexity index is 522. The number of halogens is 1. The smallest absolute Gasteiger partial charge is 0.114 e. The Balaban J connectivity index is 1.65. The van der Waals surface area contributed by atoms with Crippen molar-refractivity contribution < 1.29 is 9.50 Å². The molecule has 2 fully saturated rings. The molecular weight excluding hydrogens is 293 g/mol. The zero-order valence-electron chi connectivity index (χ0n) is 14.2. The summed E-state index contributed by atoms with van der Waals surface area (Å²) >= 11 is 0. The molecule has 23 heavy (non-hydrogen) atoms. The SMILES string of the molecule is CC(C)c1ccc(N2CCCC(O)(CN3CC[C@H](F)C3)C2)cn1. The van der Waals surface area contributed by atoms with Gasteiger partial charge in [0.2, 0.25) is 0 Å². The molecule has 2 atom stereocenters. The zero-order chi connectivity index (χ0) is 16.4. The van der Waals surface area contributed by atoms with Crippen LogP contribution in [-0.2, 0) is 0 Å². The van der Waals surface area contributed by atoms with Crippen molar-refractivity contribution in [1.82, 2.24) is 9.88 Å². The first kappa shape index (κ1) is 16.7. The number of pyridine rings is 1. The molecule has 3 rings (SSSR count). The molecular formula is C18H28FN3O. The van der Waals surface area contributed by atoms with Crippen LogP contribution in [0.1, 0.15) is 44.7 Å². The topological polar surface area (TPSA) is 39.6 Å². The first-order valence-electron chi connectivity index (χ1n) is 8.75. The van der Waals surface area contributed by atoms with Gasteiger partial charge in [0.25, 0.3) is 0 Å². The lowest BCUT2D eigenvalue weighted by Gasteiger charge is -2.42. The van der Waals surface area contributed by atoms with E-state index in [-0.39, 0.29) is 0 Å². The minimum atomic E-state index is -0.751. The van der Waals surface area contributed by atoms with Crippen LogP contribution in [0.2, 0.25) is 0 Å². The summed E-state index contributed by atoms with van der Waals surface area (Å²) < 4.78 is 13.4. The van der Waals surface area contributed by atoms with E-state index in [0.717, 1.165) is 37.3 Å². The minimum Gasteiger partial charge on any atom is -0.387 e. The maximum Gasteiger partial charge on any atom is 0.114 e. The van der Waals surface area contributed by atoms with Crippen molar-refractivity contribution >= 4 is 5.69 Å². The van der Waals surface area contributed by atoms with E-state index < -0.39 is 11.8 Å². The van der Waals surface area contributed by atoms with Crippen LogP contribution in [-0.4, -0.2) is 59.5 Å². The highest BCUT2D eigenvalue weighted by Gasteiger charge is 2.37. The number of aliphatic hydroxyl groups is 1. The van der Waals surface area contributed by atoms with Gasteiger partial charge in [-0.3, -0.25) is 9.88 Å². The number of β-amino-alcohol motifs (C(OH)–C–C–N with tert-alkyl or cyclic N) is 1. The Morgan fingerprint density at radius 2 is 2.22 bits per heavy atom. The van der Waals surface area contributed by atoms with Gasteiger partial charge in [0.05, 0.1) is 17.5 Å². The second-order valence-corrected chi connectivity index (χ2v) is 7.47. The number of alkyl halides is 1. The maximum atomic E-state index is 13.4. The van der Waals surface area contributed by atoms with Crippen LogP contribution in [0.5, 0.6) is 0 Å². The van der Waals surface area contributed by atoms with Crippen LogP contribution in [0.25, 0.3) is 0 Å². The fraction of sp³-hybridized carbons (Fsp3) is 0.722. The van der Waals surface area contributed by atoms with Gasteiger partial charge in [0.15, 0.2) is 0 Å². The lowest BCUT2D eigenvalue weighted by molar-refractivity contribution is -0.00332. The quantitative estimate of drug-likeness (QED) is 0.925. The standard InChI is InChI=1S/C18H28FN3O/c1-14(2)17-5-4-16(10-20-17)22-8-3-7-18(23,13-22)12-21-9-6-15(19)11-21/h4-5,10,14-15,23H,3,6-9,11-13H2,1-2H3/t15-,18?/m0/s1. The van der Waals surface area contributed by atoms with E-state index in [1.807, 2.05) is 6.20 Å². The summed E-state index contributed by atoms with van der Waals surface area (Å²) in [6.45, 7) is 7.61. The van der Waals surface area contributed by atoms with Gasteiger partial charge in [0.1, 0.15) is 6.17 Å². The second kappa shape index (κ2) is 6.73. The molecule has 0 amide bonds. The second-order valence-electron chi connectivity index (χ2n) is 7.47. The van der Waals surface area contributed by atoms with Gasteiger partial charge in [-0.15, -0.1) is 0 Å². The Labute approximate surface area is 138 Å². The largest absolute Gasteiger partial charge is 0.387 e. The number of hydrogen-bond donors (Lipinski definition) is 1. The van der Waals surface area contributed by atoms with Gasteiger partial charge in [-0.25, -0.2) is 4.39 Å². The van der Waals surface area contributed by atoms with Gasteiger partial charge in [-0.2, -0.15) is 0 Å². The van der Waals surface area contributed by atoms with Crippen LogP contribution in [0.3, 0.4) is 0 Å². The third kappa shape index (κ3) is 4.01. The molecule has 1 aromatic heterocycles. The summed E-state index contributed by atoms with van der Waals surface area (Å²) in [6.07, 6.45) is 3.52. The van der Waals surface area contributed by atoms with Crippen LogP contribution in [0.4, 0.5) is 10.1 Å². The first-order chi connectivity index (χ1) is 11.0. The molecule has 0 aliphatic carbocycles. The molecule has 5 heteroatoms. The van der Waals surface area contributed by atoms with Crippen molar-refractivity contribution in [3.8, 4) is 0 Å². The number of anilines is 1. The lowest BCUT2D eigenvalue weighted by atomic mass is 9.92. The Kier molecular flexibility index (Phi) is 4.87. The van der Waals surface area contributed by atoms with E-state index in [9.17, 15) is 9.50 Å². The molecule has 1 N–H and O–H groups in total. The lowest BCUT2D eigenvalue weighted by Crippen LogP contribution is -2.54. The van der Waals surface area contributed by atoms with Crippen molar-refractivity contribution in [2.24, 2.45) is 0 Å². The highest BCUT2D eigenvalue weighted by atomic mass is 19.1. The highest BCUT2D eigenvalue weighted by molar-refractivity contribution is 5.46. The summed E-state index contributed by atoms with van der Waals surface area (Å²) in [4.78, 5) is 8.81. The normalized spacial score (nSPS) is 29.4. The predicted molar refractivity (Wildman–Crippen MR) is 90.7 cm³/mol. The first-order valence-corrected chi connectivity index (χ1v) is 8.75. The molecule has 3 heterocycles. The molecule has 2 aliphatic heterocycles. The molecule has 2 aliphatic rings. The molecule has 0 radical (unpaired) electrons. The number of likely N-dealkylation sites (tertiary alicyclic amines) is 1. The Morgan fingerprint density at radius 1 is 1.39 bits per heavy atom. The molecule has 0 bridgehead atoms. The molecule has 0 aromatic carbocycles. The monoisotopic (exact) mass is 321 g/mol. The summed E-state index contributed by atoms with van der Waals surface area (Å²) in [5.41, 5.74) is 1.41. The van der Waals surface area contributed by atoms with Gasteiger partial charge in [-0.05, 0) is 37.3 Å². The number of nitrogens with zero attached hydrogens (tertiary/aromatic N) is 3. The van der Waals surface area contributed by atoms with E-state index in [0.29, 0.717) is 32.0 Å². The zero-order valence-corrected chi connectivity index (χ0v) is 14.2. The van der Waals surface area contributed by atoms with E-state index in [2.05, 4.69) is 40.8 Å². The van der Waals surface area contributed by atoms with Crippen molar-refractivity contribution in [2.45, 2.75) is 50.8 Å². The van der Waals surface area contributed by atoms with Gasteiger partial charge >= 0.3 is 0 Å². The molecule has 0 spiro atoms. The van der Waals surface area contributed by atoms with Crippen LogP contribution < -0.4 is 4.90 Å². The highest BCUT2D eigenvalue weighted by Crippen LogP contribution is 2.28. The molecule has 1 aromatic rings. The third-order valence-electron chi connectivity index (χ3n) is 5.02. The van der Waals surface area contributed by atoms with E-state index in [1.54, 1.807) is 0 Å². The van der Waals surface area contributed by atoms with Crippen molar-refractivity contribution in [1.29, 1.82) is 0 Å². The average molecular weight is 321 g/mol. The van der Waals surface area contributed by atoms with E-state index in [1.165, 1.54) is 0 Å². The Hall–Kier alpha value is -1.20. The molecule has 4 nitrogen and oxygen atoms in total. The number of rotatable bonds is 4. The van der Waals surface area contributed by atoms with Crippen LogP contribution >= 0.6 is 0 Å². The number of hydrogen-bond acceptors (Lipinski definition) is 4. The molecule has 0 saturated carbocycles. The van der Waals surface area contributed by atoms with Crippen LogP contribution in [0, 0.1) is 0 Å². The summed E-state index contributed by atoms with van der Waals surface area (Å²) in [5, 5.41) is 11.0. The molecule has 128 valence electrons. The fourth-order valence-corrected chi connectivity index (χ4v) is 3.73. The Morgan fingerprint density at radius 3 is 2.83 bits per heavy atom. The van der Waals surface area contributed by atoms with E-state index >= 15 is 0 Å². The van der Waals surface area contributed by atoms with Crippen molar-refractivity contribution in [2.75, 3.05) is 37.6 Å². The molecule has 2 saturated heterocycles. The van der Waals surface area contributed by atoms with Gasteiger partial charge < -0.3 is 10.0 Å². The summed E-state index contributed by atoms with van der Waals surface area (Å²) in [7, 11) is 0. The predicted octanol–water partition coefficient (Wildman–Crippen LogP) is 2.58. The van der Waals surface area contributed by atoms with Crippen LogP contribution in [0.15, 0.2) is 18.3 Å². The summed E-state index contributed by atoms with van der Waals surface area (Å²) in [6, 6.07) is 4.17. The number of piperidine rings is 1. The maximum absolute atomic E-state index is 13.4. The van der Waals surface area contributed by atoms with Crippen molar-refractivity contribution in [3.63, 3.8) is 0 Å². The third-order valence-corrected chi connectivity index (χ3v) is 5.02. The number of aromatic nitrogens is 1. The minimum absolute atomic E-state index is 0.422. The fourth-order valence-electron chi connectivity index (χ4n) is 3.73. The van der Waals surface area contributed by atoms with Gasteiger partial charge in [0, 0.05) is 38.4 Å².